The molecule has 7 heteroatoms. The molecule has 2 aliphatic rings. The Bertz CT molecular complexity index is 502. The first-order chi connectivity index (χ1) is 9.72. The first kappa shape index (κ1) is 13.1. The molecule has 0 amide bonds. The highest BCUT2D eigenvalue weighted by atomic mass is 16.6. The van der Waals surface area contributed by atoms with Crippen LogP contribution in [0.25, 0.3) is 0 Å². The summed E-state index contributed by atoms with van der Waals surface area (Å²) in [5.41, 5.74) is 0.0133. The Kier molecular flexibility index (Phi) is 3.70. The quantitative estimate of drug-likeness (QED) is 0.609. The summed E-state index contributed by atoms with van der Waals surface area (Å²) in [6, 6.07) is 4.42. The van der Waals surface area contributed by atoms with E-state index in [0.717, 1.165) is 32.8 Å². The lowest BCUT2D eigenvalue weighted by atomic mass is 10.2. The van der Waals surface area contributed by atoms with Crippen molar-refractivity contribution in [3.8, 4) is 11.5 Å². The lowest BCUT2D eigenvalue weighted by Gasteiger charge is -2.32. The zero-order valence-electron chi connectivity index (χ0n) is 11.0. The van der Waals surface area contributed by atoms with E-state index in [2.05, 4.69) is 4.90 Å². The number of hydrogen-bond acceptors (Lipinski definition) is 6. The SMILES string of the molecule is O=[N+]([O-])c1ccc2c(c1)OC(CN1CCOCC1)CO2. The molecule has 1 aromatic carbocycles. The molecule has 0 spiro atoms. The average Bonchev–Trinajstić information content (AvgIpc) is 2.47. The molecule has 20 heavy (non-hydrogen) atoms. The largest absolute Gasteiger partial charge is 0.486 e. The Morgan fingerprint density at radius 2 is 2.10 bits per heavy atom. The van der Waals surface area contributed by atoms with Crippen molar-refractivity contribution in [1.82, 2.24) is 4.90 Å². The molecule has 0 bridgehead atoms. The molecular formula is C13H16N2O5. The summed E-state index contributed by atoms with van der Waals surface area (Å²) in [5, 5.41) is 10.8. The molecule has 7 nitrogen and oxygen atoms in total. The average molecular weight is 280 g/mol. The number of rotatable bonds is 3. The molecule has 1 atom stereocenters. The summed E-state index contributed by atoms with van der Waals surface area (Å²) in [4.78, 5) is 12.6. The van der Waals surface area contributed by atoms with Crippen molar-refractivity contribution >= 4 is 5.69 Å². The molecule has 1 aromatic rings. The van der Waals surface area contributed by atoms with Gasteiger partial charge >= 0.3 is 0 Å². The van der Waals surface area contributed by atoms with Crippen molar-refractivity contribution in [1.29, 1.82) is 0 Å². The van der Waals surface area contributed by atoms with Gasteiger partial charge in [0.1, 0.15) is 12.7 Å². The van der Waals surface area contributed by atoms with Gasteiger partial charge in [0.2, 0.25) is 0 Å². The fraction of sp³-hybridized carbons (Fsp3) is 0.538. The number of ether oxygens (including phenoxy) is 3. The van der Waals surface area contributed by atoms with Gasteiger partial charge in [0.15, 0.2) is 11.5 Å². The fourth-order valence-corrected chi connectivity index (χ4v) is 2.38. The van der Waals surface area contributed by atoms with E-state index < -0.39 is 4.92 Å². The summed E-state index contributed by atoms with van der Waals surface area (Å²) in [6.45, 7) is 4.42. The van der Waals surface area contributed by atoms with E-state index >= 15 is 0 Å². The summed E-state index contributed by atoms with van der Waals surface area (Å²) >= 11 is 0. The summed E-state index contributed by atoms with van der Waals surface area (Å²) in [6.07, 6.45) is -0.109. The van der Waals surface area contributed by atoms with E-state index in [1.165, 1.54) is 12.1 Å². The molecule has 0 aliphatic carbocycles. The molecule has 2 heterocycles. The van der Waals surface area contributed by atoms with Gasteiger partial charge in [-0.3, -0.25) is 15.0 Å². The van der Waals surface area contributed by atoms with Gasteiger partial charge in [-0.2, -0.15) is 0 Å². The molecule has 1 unspecified atom stereocenters. The Morgan fingerprint density at radius 3 is 2.85 bits per heavy atom. The third-order valence-corrected chi connectivity index (χ3v) is 3.42. The second-order valence-electron chi connectivity index (χ2n) is 4.85. The molecule has 0 aromatic heterocycles. The maximum Gasteiger partial charge on any atom is 0.273 e. The van der Waals surface area contributed by atoms with Gasteiger partial charge in [-0.05, 0) is 6.07 Å². The second kappa shape index (κ2) is 5.64. The molecule has 108 valence electrons. The van der Waals surface area contributed by atoms with Gasteiger partial charge < -0.3 is 14.2 Å². The van der Waals surface area contributed by atoms with E-state index in [0.29, 0.717) is 18.1 Å². The zero-order valence-corrected chi connectivity index (χ0v) is 11.0. The van der Waals surface area contributed by atoms with Crippen molar-refractivity contribution in [2.24, 2.45) is 0 Å². The minimum Gasteiger partial charge on any atom is -0.486 e. The normalized spacial score (nSPS) is 22.5. The molecule has 0 N–H and O–H groups in total. The van der Waals surface area contributed by atoms with Gasteiger partial charge in [-0.1, -0.05) is 0 Å². The van der Waals surface area contributed by atoms with Crippen LogP contribution < -0.4 is 9.47 Å². The number of nitro groups is 1. The van der Waals surface area contributed by atoms with E-state index in [9.17, 15) is 10.1 Å². The van der Waals surface area contributed by atoms with Crippen LogP contribution in [0.2, 0.25) is 0 Å². The van der Waals surface area contributed by atoms with E-state index in [1.807, 2.05) is 0 Å². The molecule has 0 radical (unpaired) electrons. The van der Waals surface area contributed by atoms with Crippen LogP contribution in [0.15, 0.2) is 18.2 Å². The summed E-state index contributed by atoms with van der Waals surface area (Å²) in [7, 11) is 0. The van der Waals surface area contributed by atoms with E-state index in [4.69, 9.17) is 14.2 Å². The zero-order chi connectivity index (χ0) is 13.9. The molecule has 2 aliphatic heterocycles. The summed E-state index contributed by atoms with van der Waals surface area (Å²) in [5.74, 6) is 1.01. The van der Waals surface area contributed by atoms with Crippen LogP contribution in [0.5, 0.6) is 11.5 Å². The van der Waals surface area contributed by atoms with Crippen molar-refractivity contribution < 1.29 is 19.1 Å². The highest BCUT2D eigenvalue weighted by Gasteiger charge is 2.25. The number of fused-ring (bicyclic) bond motifs is 1. The predicted octanol–water partition coefficient (Wildman–Crippen LogP) is 1.07. The highest BCUT2D eigenvalue weighted by molar-refractivity contribution is 5.49. The van der Waals surface area contributed by atoms with Gasteiger partial charge in [0, 0.05) is 25.7 Å². The molecular weight excluding hydrogens is 264 g/mol. The maximum atomic E-state index is 10.8. The van der Waals surface area contributed by atoms with Crippen molar-refractivity contribution in [3.05, 3.63) is 28.3 Å². The van der Waals surface area contributed by atoms with Gasteiger partial charge in [0.25, 0.3) is 5.69 Å². The van der Waals surface area contributed by atoms with Crippen LogP contribution in [0, 0.1) is 10.1 Å². The van der Waals surface area contributed by atoms with Crippen molar-refractivity contribution in [3.63, 3.8) is 0 Å². The molecule has 0 saturated carbocycles. The third kappa shape index (κ3) is 2.83. The highest BCUT2D eigenvalue weighted by Crippen LogP contribution is 2.35. The number of nitrogens with zero attached hydrogens (tertiary/aromatic N) is 2. The van der Waals surface area contributed by atoms with E-state index in [-0.39, 0.29) is 11.8 Å². The monoisotopic (exact) mass is 280 g/mol. The number of benzene rings is 1. The number of hydrogen-bond donors (Lipinski definition) is 0. The lowest BCUT2D eigenvalue weighted by molar-refractivity contribution is -0.385. The topological polar surface area (TPSA) is 74.1 Å². The summed E-state index contributed by atoms with van der Waals surface area (Å²) < 4.78 is 16.7. The Hall–Kier alpha value is -1.86. The first-order valence-electron chi connectivity index (χ1n) is 6.60. The van der Waals surface area contributed by atoms with E-state index in [1.54, 1.807) is 6.07 Å². The van der Waals surface area contributed by atoms with Crippen LogP contribution in [0.4, 0.5) is 5.69 Å². The van der Waals surface area contributed by atoms with Gasteiger partial charge in [0.05, 0.1) is 24.2 Å². The van der Waals surface area contributed by atoms with Crippen LogP contribution in [-0.4, -0.2) is 55.4 Å². The van der Waals surface area contributed by atoms with Crippen LogP contribution in [0.3, 0.4) is 0 Å². The number of non-ortho nitro benzene ring substituents is 1. The smallest absolute Gasteiger partial charge is 0.273 e. The van der Waals surface area contributed by atoms with Crippen LogP contribution in [-0.2, 0) is 4.74 Å². The predicted molar refractivity (Wildman–Crippen MR) is 70.3 cm³/mol. The maximum absolute atomic E-state index is 10.8. The minimum absolute atomic E-state index is 0.0133. The Balaban J connectivity index is 1.67. The molecule has 1 fully saturated rings. The van der Waals surface area contributed by atoms with Gasteiger partial charge in [-0.15, -0.1) is 0 Å². The lowest BCUT2D eigenvalue weighted by Crippen LogP contribution is -2.45. The number of nitro benzene ring substituents is 1. The molecule has 1 saturated heterocycles. The fourth-order valence-electron chi connectivity index (χ4n) is 2.38. The molecule has 3 rings (SSSR count). The van der Waals surface area contributed by atoms with Crippen molar-refractivity contribution in [2.45, 2.75) is 6.10 Å². The first-order valence-corrected chi connectivity index (χ1v) is 6.60. The van der Waals surface area contributed by atoms with Crippen LogP contribution >= 0.6 is 0 Å². The third-order valence-electron chi connectivity index (χ3n) is 3.42. The minimum atomic E-state index is -0.435. The Labute approximate surface area is 116 Å². The second-order valence-corrected chi connectivity index (χ2v) is 4.85. The standard InChI is InChI=1S/C13H16N2O5/c16-15(17)10-1-2-12-13(7-10)20-11(9-19-12)8-14-3-5-18-6-4-14/h1-2,7,11H,3-6,8-9H2. The Morgan fingerprint density at radius 1 is 1.30 bits per heavy atom. The van der Waals surface area contributed by atoms with Crippen molar-refractivity contribution in [2.75, 3.05) is 39.5 Å². The van der Waals surface area contributed by atoms with Gasteiger partial charge in [-0.25, -0.2) is 0 Å². The van der Waals surface area contributed by atoms with Crippen LogP contribution in [0.1, 0.15) is 0 Å². The number of morpholine rings is 1.